The Hall–Kier alpha value is -2.04. The molecule has 0 radical (unpaired) electrons. The first kappa shape index (κ1) is 13.9. The third-order valence-corrected chi connectivity index (χ3v) is 3.51. The lowest BCUT2D eigenvalue weighted by atomic mass is 10.2. The van der Waals surface area contributed by atoms with Gasteiger partial charge in [0.25, 0.3) is 0 Å². The first-order valence-corrected chi connectivity index (χ1v) is 7.12. The number of para-hydroxylation sites is 1. The number of ether oxygens (including phenoxy) is 1. The maximum atomic E-state index is 5.87. The first-order valence-electron chi connectivity index (χ1n) is 6.34. The highest BCUT2D eigenvalue weighted by Gasteiger charge is 2.17. The molecule has 0 amide bonds. The molecular weight excluding hydrogens is 306 g/mol. The van der Waals surface area contributed by atoms with Crippen molar-refractivity contribution < 1.29 is 9.15 Å². The number of rotatable bonds is 4. The molecule has 1 aromatic heterocycles. The summed E-state index contributed by atoms with van der Waals surface area (Å²) in [6.45, 7) is 0.385. The van der Waals surface area contributed by atoms with Crippen LogP contribution in [0.3, 0.4) is 0 Å². The fraction of sp³-hybridized carbons (Fsp3) is 0.0625. The Morgan fingerprint density at radius 2 is 1.86 bits per heavy atom. The zero-order chi connectivity index (χ0) is 14.8. The maximum absolute atomic E-state index is 5.87. The summed E-state index contributed by atoms with van der Waals surface area (Å²) in [5.41, 5.74) is 7.41. The molecule has 0 saturated carbocycles. The quantitative estimate of drug-likeness (QED) is 0.729. The van der Waals surface area contributed by atoms with Gasteiger partial charge in [-0.3, -0.25) is 0 Å². The Bertz CT molecular complexity index is 796. The molecule has 3 nitrogen and oxygen atoms in total. The molecule has 2 aromatic carbocycles. The molecule has 0 fully saturated rings. The van der Waals surface area contributed by atoms with E-state index < -0.39 is 0 Å². The smallest absolute Gasteiger partial charge is 0.204 e. The second-order valence-electron chi connectivity index (χ2n) is 4.54. The van der Waals surface area contributed by atoms with Gasteiger partial charge in [-0.25, -0.2) is 0 Å². The predicted molar refractivity (Wildman–Crippen MR) is 87.9 cm³/mol. The molecule has 0 aliphatic carbocycles. The molecule has 21 heavy (non-hydrogen) atoms. The van der Waals surface area contributed by atoms with E-state index in [2.05, 4.69) is 0 Å². The van der Waals surface area contributed by atoms with Gasteiger partial charge in [0.1, 0.15) is 17.2 Å². The average Bonchev–Trinajstić information content (AvgIpc) is 2.86. The number of furan rings is 1. The van der Waals surface area contributed by atoms with Crippen LogP contribution >= 0.6 is 23.8 Å². The normalized spacial score (nSPS) is 10.7. The van der Waals surface area contributed by atoms with Crippen molar-refractivity contribution in [1.82, 2.24) is 0 Å². The van der Waals surface area contributed by atoms with E-state index in [1.54, 1.807) is 0 Å². The molecule has 0 aliphatic rings. The van der Waals surface area contributed by atoms with Gasteiger partial charge >= 0.3 is 0 Å². The molecule has 0 spiro atoms. The second kappa shape index (κ2) is 5.76. The van der Waals surface area contributed by atoms with Crippen LogP contribution in [0.1, 0.15) is 11.3 Å². The van der Waals surface area contributed by atoms with E-state index >= 15 is 0 Å². The highest BCUT2D eigenvalue weighted by Crippen LogP contribution is 2.33. The van der Waals surface area contributed by atoms with Crippen LogP contribution in [-0.4, -0.2) is 4.99 Å². The predicted octanol–water partition coefficient (Wildman–Crippen LogP) is 4.30. The van der Waals surface area contributed by atoms with Crippen molar-refractivity contribution in [2.24, 2.45) is 5.73 Å². The summed E-state index contributed by atoms with van der Waals surface area (Å²) in [5.74, 6) is 0.980. The molecule has 0 bridgehead atoms. The van der Waals surface area contributed by atoms with Gasteiger partial charge < -0.3 is 14.9 Å². The number of thiocarbonyl (C=S) groups is 1. The highest BCUT2D eigenvalue weighted by molar-refractivity contribution is 7.80. The molecule has 2 N–H and O–H groups in total. The lowest BCUT2D eigenvalue weighted by Crippen LogP contribution is -2.10. The molecule has 0 unspecified atom stereocenters. The lowest BCUT2D eigenvalue weighted by Gasteiger charge is -2.06. The lowest BCUT2D eigenvalue weighted by molar-refractivity contribution is 0.304. The van der Waals surface area contributed by atoms with Crippen molar-refractivity contribution in [2.45, 2.75) is 6.61 Å². The van der Waals surface area contributed by atoms with Crippen LogP contribution in [0.15, 0.2) is 52.9 Å². The molecule has 1 heterocycles. The van der Waals surface area contributed by atoms with Crippen molar-refractivity contribution in [3.63, 3.8) is 0 Å². The van der Waals surface area contributed by atoms with Gasteiger partial charge in [-0.05, 0) is 29.8 Å². The molecule has 5 heteroatoms. The minimum Gasteiger partial charge on any atom is -0.484 e. The van der Waals surface area contributed by atoms with Crippen molar-refractivity contribution in [2.75, 3.05) is 0 Å². The Balaban J connectivity index is 1.93. The van der Waals surface area contributed by atoms with Crippen LogP contribution in [0.2, 0.25) is 5.02 Å². The molecule has 3 aromatic rings. The Morgan fingerprint density at radius 1 is 1.14 bits per heavy atom. The summed E-state index contributed by atoms with van der Waals surface area (Å²) in [6, 6.07) is 15.0. The topological polar surface area (TPSA) is 48.4 Å². The molecular formula is C16H12ClNO2S. The zero-order valence-electron chi connectivity index (χ0n) is 11.0. The summed E-state index contributed by atoms with van der Waals surface area (Å²) in [6.07, 6.45) is 0. The molecule has 0 atom stereocenters. The minimum absolute atomic E-state index is 0.178. The first-order chi connectivity index (χ1) is 10.1. The minimum atomic E-state index is 0.178. The fourth-order valence-electron chi connectivity index (χ4n) is 2.06. The van der Waals surface area contributed by atoms with E-state index in [0.717, 1.165) is 10.9 Å². The molecule has 106 valence electrons. The van der Waals surface area contributed by atoms with Crippen LogP contribution < -0.4 is 10.5 Å². The van der Waals surface area contributed by atoms with E-state index in [1.807, 2.05) is 48.5 Å². The number of hydrogen-bond acceptors (Lipinski definition) is 3. The van der Waals surface area contributed by atoms with E-state index in [0.29, 0.717) is 28.7 Å². The van der Waals surface area contributed by atoms with Crippen LogP contribution in [0.25, 0.3) is 11.0 Å². The van der Waals surface area contributed by atoms with Crippen LogP contribution in [0, 0.1) is 0 Å². The molecule has 0 saturated heterocycles. The van der Waals surface area contributed by atoms with E-state index in [9.17, 15) is 0 Å². The van der Waals surface area contributed by atoms with Crippen molar-refractivity contribution in [3.05, 3.63) is 64.9 Å². The Labute approximate surface area is 132 Å². The van der Waals surface area contributed by atoms with E-state index in [4.69, 9.17) is 38.7 Å². The fourth-order valence-corrected chi connectivity index (χ4v) is 2.32. The highest BCUT2D eigenvalue weighted by atomic mass is 35.5. The number of hydrogen-bond donors (Lipinski definition) is 1. The van der Waals surface area contributed by atoms with Crippen LogP contribution in [0.4, 0.5) is 0 Å². The summed E-state index contributed by atoms with van der Waals surface area (Å²) in [5, 5.41) is 1.55. The van der Waals surface area contributed by atoms with Crippen molar-refractivity contribution in [3.8, 4) is 5.75 Å². The van der Waals surface area contributed by atoms with Crippen molar-refractivity contribution in [1.29, 1.82) is 0 Å². The van der Waals surface area contributed by atoms with Crippen LogP contribution in [-0.2, 0) is 6.61 Å². The third kappa shape index (κ3) is 2.86. The van der Waals surface area contributed by atoms with Gasteiger partial charge in [-0.15, -0.1) is 0 Å². The largest absolute Gasteiger partial charge is 0.484 e. The summed E-state index contributed by atoms with van der Waals surface area (Å²) >= 11 is 10.9. The van der Waals surface area contributed by atoms with Gasteiger partial charge in [-0.1, -0.05) is 48.1 Å². The van der Waals surface area contributed by atoms with Gasteiger partial charge in [-0.2, -0.15) is 0 Å². The second-order valence-corrected chi connectivity index (χ2v) is 5.41. The maximum Gasteiger partial charge on any atom is 0.204 e. The summed E-state index contributed by atoms with van der Waals surface area (Å²) < 4.78 is 11.5. The monoisotopic (exact) mass is 317 g/mol. The van der Waals surface area contributed by atoms with Crippen LogP contribution in [0.5, 0.6) is 5.75 Å². The number of halogens is 1. The van der Waals surface area contributed by atoms with E-state index in [1.165, 1.54) is 0 Å². The van der Waals surface area contributed by atoms with Gasteiger partial charge in [0.15, 0.2) is 5.75 Å². The number of benzene rings is 2. The Kier molecular flexibility index (Phi) is 3.82. The van der Waals surface area contributed by atoms with Gasteiger partial charge in [0.2, 0.25) is 5.76 Å². The van der Waals surface area contributed by atoms with Gasteiger partial charge in [0.05, 0.1) is 5.39 Å². The summed E-state index contributed by atoms with van der Waals surface area (Å²) in [7, 11) is 0. The SMILES string of the molecule is NC(=S)c1oc2ccccc2c1OCc1ccc(Cl)cc1. The average molecular weight is 318 g/mol. The third-order valence-electron chi connectivity index (χ3n) is 3.07. The van der Waals surface area contributed by atoms with Gasteiger partial charge in [0, 0.05) is 5.02 Å². The molecule has 0 aliphatic heterocycles. The summed E-state index contributed by atoms with van der Waals surface area (Å²) in [4.78, 5) is 0.178. The standard InChI is InChI=1S/C16H12ClNO2S/c17-11-7-5-10(6-8-11)9-19-14-12-3-1-2-4-13(12)20-15(14)16(18)21/h1-8H,9H2,(H2,18,21). The Morgan fingerprint density at radius 3 is 2.57 bits per heavy atom. The number of nitrogens with two attached hydrogens (primary N) is 1. The number of fused-ring (bicyclic) bond motifs is 1. The van der Waals surface area contributed by atoms with Crippen molar-refractivity contribution >= 4 is 39.8 Å². The van der Waals surface area contributed by atoms with E-state index in [-0.39, 0.29) is 4.99 Å². The zero-order valence-corrected chi connectivity index (χ0v) is 12.6. The molecule has 3 rings (SSSR count).